The number of aromatic nitrogens is 3. The number of aromatic amines is 2. The Labute approximate surface area is 206 Å². The summed E-state index contributed by atoms with van der Waals surface area (Å²) in [5.74, 6) is 0.155. The quantitative estimate of drug-likeness (QED) is 0.449. The molecule has 2 N–H and O–H groups in total. The van der Waals surface area contributed by atoms with Crippen molar-refractivity contribution in [2.45, 2.75) is 38.6 Å². The zero-order valence-corrected chi connectivity index (χ0v) is 20.5. The molecule has 6 rings (SSSR count). The molecule has 0 saturated carbocycles. The fraction of sp³-hybridized carbons (Fsp3) is 0.429. The van der Waals surface area contributed by atoms with Crippen molar-refractivity contribution in [2.75, 3.05) is 44.2 Å². The summed E-state index contributed by atoms with van der Waals surface area (Å²) in [6.07, 6.45) is 6.33. The number of rotatable bonds is 5. The number of anilines is 1. The summed E-state index contributed by atoms with van der Waals surface area (Å²) >= 11 is 0. The lowest BCUT2D eigenvalue weighted by Gasteiger charge is -2.39. The van der Waals surface area contributed by atoms with Crippen molar-refractivity contribution in [3.63, 3.8) is 0 Å². The number of aryl methyl sites for hydroxylation is 1. The summed E-state index contributed by atoms with van der Waals surface area (Å²) in [6, 6.07) is 15.2. The number of H-pyrrole nitrogens is 2. The van der Waals surface area contributed by atoms with Crippen LogP contribution in [0, 0.1) is 6.92 Å². The molecule has 0 aliphatic carbocycles. The fourth-order valence-electron chi connectivity index (χ4n) is 5.77. The van der Waals surface area contributed by atoms with E-state index < -0.39 is 0 Å². The van der Waals surface area contributed by atoms with Gasteiger partial charge < -0.3 is 14.8 Å². The number of amides is 1. The summed E-state index contributed by atoms with van der Waals surface area (Å²) in [5.41, 5.74) is 5.33. The van der Waals surface area contributed by atoms with Crippen molar-refractivity contribution in [3.05, 3.63) is 59.9 Å². The molecule has 4 aromatic rings. The first kappa shape index (κ1) is 22.2. The van der Waals surface area contributed by atoms with Gasteiger partial charge >= 0.3 is 0 Å². The van der Waals surface area contributed by atoms with Crippen LogP contribution in [0.3, 0.4) is 0 Å². The highest BCUT2D eigenvalue weighted by Gasteiger charge is 2.29. The number of carbonyl (C=O) groups is 1. The highest BCUT2D eigenvalue weighted by molar-refractivity contribution is 5.98. The van der Waals surface area contributed by atoms with Gasteiger partial charge in [-0.25, -0.2) is 0 Å². The predicted molar refractivity (Wildman–Crippen MR) is 141 cm³/mol. The summed E-state index contributed by atoms with van der Waals surface area (Å²) in [6.45, 7) is 8.18. The Balaban J connectivity index is 1.06. The molecule has 1 amide bonds. The van der Waals surface area contributed by atoms with E-state index in [2.05, 4.69) is 73.2 Å². The van der Waals surface area contributed by atoms with E-state index in [0.717, 1.165) is 86.0 Å². The molecule has 0 unspecified atom stereocenters. The van der Waals surface area contributed by atoms with Crippen LogP contribution in [-0.4, -0.2) is 76.2 Å². The number of nitrogens with zero attached hydrogens (tertiary/aromatic N) is 4. The average Bonchev–Trinajstić information content (AvgIpc) is 3.54. The van der Waals surface area contributed by atoms with Crippen LogP contribution >= 0.6 is 0 Å². The Kier molecular flexibility index (Phi) is 5.94. The largest absolute Gasteiger partial charge is 0.369 e. The van der Waals surface area contributed by atoms with E-state index in [0.29, 0.717) is 6.04 Å². The van der Waals surface area contributed by atoms with Gasteiger partial charge in [-0.1, -0.05) is 11.6 Å². The lowest BCUT2D eigenvalue weighted by atomic mass is 9.98. The molecule has 2 saturated heterocycles. The van der Waals surface area contributed by atoms with Crippen molar-refractivity contribution in [1.82, 2.24) is 25.0 Å². The molecule has 35 heavy (non-hydrogen) atoms. The maximum Gasteiger partial charge on any atom is 0.270 e. The maximum absolute atomic E-state index is 13.5. The first-order valence-corrected chi connectivity index (χ1v) is 12.9. The lowest BCUT2D eigenvalue weighted by molar-refractivity contribution is 0.0577. The van der Waals surface area contributed by atoms with Crippen molar-refractivity contribution in [3.8, 4) is 0 Å². The SMILES string of the molecule is Cc1ccc2[nH]c(C(=O)N3CCCC[C@H]3CCN3CCN(c4ccc5cn[nH]c5c4)CC3)cc2c1. The minimum atomic E-state index is 0.155. The van der Waals surface area contributed by atoms with Gasteiger partial charge in [-0.3, -0.25) is 14.8 Å². The van der Waals surface area contributed by atoms with Gasteiger partial charge in [0.2, 0.25) is 0 Å². The van der Waals surface area contributed by atoms with Gasteiger partial charge in [0.15, 0.2) is 0 Å². The van der Waals surface area contributed by atoms with Gasteiger partial charge in [0.25, 0.3) is 5.91 Å². The molecule has 0 radical (unpaired) electrons. The number of hydrogen-bond acceptors (Lipinski definition) is 4. The maximum atomic E-state index is 13.5. The van der Waals surface area contributed by atoms with Gasteiger partial charge in [-0.15, -0.1) is 0 Å². The molecule has 7 heteroatoms. The first-order valence-electron chi connectivity index (χ1n) is 12.9. The summed E-state index contributed by atoms with van der Waals surface area (Å²) in [4.78, 5) is 24.0. The molecular weight excluding hydrogens is 436 g/mol. The predicted octanol–water partition coefficient (Wildman–Crippen LogP) is 4.56. The van der Waals surface area contributed by atoms with Crippen LogP contribution in [0.4, 0.5) is 5.69 Å². The van der Waals surface area contributed by atoms with Gasteiger partial charge in [0.1, 0.15) is 5.69 Å². The smallest absolute Gasteiger partial charge is 0.270 e. The summed E-state index contributed by atoms with van der Waals surface area (Å²) < 4.78 is 0. The Bertz CT molecular complexity index is 1330. The van der Waals surface area contributed by atoms with Gasteiger partial charge in [0, 0.05) is 67.3 Å². The number of likely N-dealkylation sites (tertiary alicyclic amines) is 1. The third-order valence-electron chi connectivity index (χ3n) is 7.84. The molecule has 7 nitrogen and oxygen atoms in total. The normalized spacial score (nSPS) is 19.6. The molecule has 1 atom stereocenters. The Hall–Kier alpha value is -3.32. The molecule has 2 aliphatic rings. The second kappa shape index (κ2) is 9.38. The van der Waals surface area contributed by atoms with Crippen LogP contribution in [0.1, 0.15) is 41.7 Å². The van der Waals surface area contributed by atoms with Crippen LogP contribution in [0.2, 0.25) is 0 Å². The number of hydrogen-bond donors (Lipinski definition) is 2. The van der Waals surface area contributed by atoms with Crippen LogP contribution in [0.5, 0.6) is 0 Å². The molecular formula is C28H34N6O. The number of piperidine rings is 1. The Morgan fingerprint density at radius 2 is 1.86 bits per heavy atom. The van der Waals surface area contributed by atoms with Gasteiger partial charge in [-0.05, 0) is 69.0 Å². The number of benzene rings is 2. The second-order valence-electron chi connectivity index (χ2n) is 10.2. The number of nitrogens with one attached hydrogen (secondary N) is 2. The minimum absolute atomic E-state index is 0.155. The Morgan fingerprint density at radius 3 is 2.74 bits per heavy atom. The molecule has 2 aliphatic heterocycles. The molecule has 2 fully saturated rings. The van der Waals surface area contributed by atoms with Crippen LogP contribution in [-0.2, 0) is 0 Å². The van der Waals surface area contributed by atoms with Crippen molar-refractivity contribution >= 4 is 33.4 Å². The zero-order chi connectivity index (χ0) is 23.8. The van der Waals surface area contributed by atoms with E-state index in [4.69, 9.17) is 0 Å². The van der Waals surface area contributed by atoms with Crippen LogP contribution in [0.15, 0.2) is 48.7 Å². The molecule has 182 valence electrons. The van der Waals surface area contributed by atoms with Gasteiger partial charge in [-0.2, -0.15) is 5.10 Å². The molecule has 2 aromatic carbocycles. The second-order valence-corrected chi connectivity index (χ2v) is 10.2. The number of carbonyl (C=O) groups excluding carboxylic acids is 1. The molecule has 0 spiro atoms. The lowest BCUT2D eigenvalue weighted by Crippen LogP contribution is -2.49. The monoisotopic (exact) mass is 470 g/mol. The Morgan fingerprint density at radius 1 is 0.971 bits per heavy atom. The third-order valence-corrected chi connectivity index (χ3v) is 7.84. The van der Waals surface area contributed by atoms with Crippen molar-refractivity contribution < 1.29 is 4.79 Å². The van der Waals surface area contributed by atoms with Crippen LogP contribution < -0.4 is 4.90 Å². The average molecular weight is 471 g/mol. The number of fused-ring (bicyclic) bond motifs is 2. The van der Waals surface area contributed by atoms with Crippen molar-refractivity contribution in [1.29, 1.82) is 0 Å². The van der Waals surface area contributed by atoms with Gasteiger partial charge in [0.05, 0.1) is 11.7 Å². The standard InChI is InChI=1S/C28H34N6O/c1-20-5-8-25-22(16-20)17-27(30-25)28(35)34-10-3-2-4-23(34)9-11-32-12-14-33(15-13-32)24-7-6-21-19-29-31-26(21)18-24/h5-8,16-19,23,30H,2-4,9-15H2,1H3,(H,29,31)/t23-/m0/s1. The molecule has 4 heterocycles. The number of piperazine rings is 1. The van der Waals surface area contributed by atoms with E-state index in [1.807, 2.05) is 12.3 Å². The molecule has 0 bridgehead atoms. The van der Waals surface area contributed by atoms with E-state index in [9.17, 15) is 4.79 Å². The molecule has 2 aromatic heterocycles. The van der Waals surface area contributed by atoms with E-state index in [1.54, 1.807) is 0 Å². The van der Waals surface area contributed by atoms with E-state index in [1.165, 1.54) is 17.7 Å². The zero-order valence-electron chi connectivity index (χ0n) is 20.5. The van der Waals surface area contributed by atoms with E-state index >= 15 is 0 Å². The van der Waals surface area contributed by atoms with E-state index in [-0.39, 0.29) is 5.91 Å². The fourth-order valence-corrected chi connectivity index (χ4v) is 5.77. The topological polar surface area (TPSA) is 71.3 Å². The highest BCUT2D eigenvalue weighted by atomic mass is 16.2. The highest BCUT2D eigenvalue weighted by Crippen LogP contribution is 2.25. The van der Waals surface area contributed by atoms with Crippen molar-refractivity contribution in [2.24, 2.45) is 0 Å². The summed E-state index contributed by atoms with van der Waals surface area (Å²) in [5, 5.41) is 9.49. The third kappa shape index (κ3) is 4.52. The summed E-state index contributed by atoms with van der Waals surface area (Å²) in [7, 11) is 0. The van der Waals surface area contributed by atoms with Crippen LogP contribution in [0.25, 0.3) is 21.8 Å². The minimum Gasteiger partial charge on any atom is -0.369 e. The first-order chi connectivity index (χ1) is 17.1.